The fourth-order valence-corrected chi connectivity index (χ4v) is 2.81. The van der Waals surface area contributed by atoms with Gasteiger partial charge in [0.15, 0.2) is 6.61 Å². The fourth-order valence-electron chi connectivity index (χ4n) is 2.81. The first kappa shape index (κ1) is 23.1. The molecule has 0 saturated heterocycles. The van der Waals surface area contributed by atoms with Gasteiger partial charge in [0, 0.05) is 22.9 Å². The van der Waals surface area contributed by atoms with Crippen LogP contribution in [0.5, 0.6) is 5.75 Å². The average molecular weight is 446 g/mol. The topological polar surface area (TPSA) is 123 Å². The minimum Gasteiger partial charge on any atom is -0.484 e. The van der Waals surface area contributed by atoms with Crippen molar-refractivity contribution in [3.05, 3.63) is 99.1 Å². The van der Waals surface area contributed by atoms with E-state index in [1.54, 1.807) is 31.2 Å². The van der Waals surface area contributed by atoms with Crippen LogP contribution in [0.2, 0.25) is 0 Å². The molecule has 3 aromatic rings. The number of benzene rings is 3. The van der Waals surface area contributed by atoms with Crippen molar-refractivity contribution < 1.29 is 19.2 Å². The summed E-state index contributed by atoms with van der Waals surface area (Å²) in [7, 11) is 0. The van der Waals surface area contributed by atoms with Crippen LogP contribution in [0.15, 0.2) is 71.8 Å². The molecule has 0 heterocycles. The van der Waals surface area contributed by atoms with Gasteiger partial charge in [-0.3, -0.25) is 19.7 Å². The van der Waals surface area contributed by atoms with E-state index in [-0.39, 0.29) is 23.8 Å². The Kier molecular flexibility index (Phi) is 7.48. The lowest BCUT2D eigenvalue weighted by atomic mass is 10.1. The highest BCUT2D eigenvalue weighted by Crippen LogP contribution is 2.19. The number of nitro benzene ring substituents is 1. The van der Waals surface area contributed by atoms with E-state index in [4.69, 9.17) is 4.74 Å². The van der Waals surface area contributed by atoms with Crippen molar-refractivity contribution in [1.29, 1.82) is 0 Å². The van der Waals surface area contributed by atoms with Gasteiger partial charge in [-0.15, -0.1) is 0 Å². The number of ether oxygens (including phenoxy) is 1. The molecule has 0 saturated carbocycles. The Morgan fingerprint density at radius 2 is 1.73 bits per heavy atom. The molecular formula is C24H22N4O5. The predicted molar refractivity (Wildman–Crippen MR) is 125 cm³/mol. The SMILES string of the molecule is Cc1ccc(NC(=O)COc2ccc(/C=N\NC(=O)c3ccc(C)c([N+](=O)[O-])c3)cc2)cc1. The molecule has 2 amide bonds. The van der Waals surface area contributed by atoms with Crippen LogP contribution in [0.4, 0.5) is 11.4 Å². The number of carbonyl (C=O) groups excluding carboxylic acids is 2. The van der Waals surface area contributed by atoms with Crippen LogP contribution in [0, 0.1) is 24.0 Å². The summed E-state index contributed by atoms with van der Waals surface area (Å²) in [5.41, 5.74) is 5.29. The molecule has 0 atom stereocenters. The van der Waals surface area contributed by atoms with Crippen LogP contribution < -0.4 is 15.5 Å². The minimum atomic E-state index is -0.561. The largest absolute Gasteiger partial charge is 0.484 e. The Morgan fingerprint density at radius 1 is 1.03 bits per heavy atom. The summed E-state index contributed by atoms with van der Waals surface area (Å²) in [5, 5.41) is 17.6. The highest BCUT2D eigenvalue weighted by atomic mass is 16.6. The number of hydrogen-bond donors (Lipinski definition) is 2. The van der Waals surface area contributed by atoms with Gasteiger partial charge in [-0.05, 0) is 61.9 Å². The summed E-state index contributed by atoms with van der Waals surface area (Å²) in [6.07, 6.45) is 1.42. The Hall–Kier alpha value is -4.53. The highest BCUT2D eigenvalue weighted by Gasteiger charge is 2.14. The van der Waals surface area contributed by atoms with E-state index in [1.165, 1.54) is 24.4 Å². The molecule has 0 unspecified atom stereocenters. The summed E-state index contributed by atoms with van der Waals surface area (Å²) in [6.45, 7) is 3.43. The number of anilines is 1. The molecule has 168 valence electrons. The Bertz CT molecular complexity index is 1190. The van der Waals surface area contributed by atoms with Crippen molar-refractivity contribution >= 4 is 29.4 Å². The summed E-state index contributed by atoms with van der Waals surface area (Å²) in [5.74, 6) is -0.334. The van der Waals surface area contributed by atoms with Crippen molar-refractivity contribution in [1.82, 2.24) is 5.43 Å². The Balaban J connectivity index is 1.49. The maximum Gasteiger partial charge on any atom is 0.273 e. The number of carbonyl (C=O) groups is 2. The third-order valence-corrected chi connectivity index (χ3v) is 4.63. The average Bonchev–Trinajstić information content (AvgIpc) is 2.80. The molecule has 3 rings (SSSR count). The number of nitrogens with one attached hydrogen (secondary N) is 2. The van der Waals surface area contributed by atoms with E-state index in [2.05, 4.69) is 15.8 Å². The molecule has 0 aliphatic heterocycles. The van der Waals surface area contributed by atoms with Gasteiger partial charge in [0.1, 0.15) is 5.75 Å². The monoisotopic (exact) mass is 446 g/mol. The Morgan fingerprint density at radius 3 is 2.39 bits per heavy atom. The van der Waals surface area contributed by atoms with Gasteiger partial charge in [0.2, 0.25) is 0 Å². The number of nitrogens with zero attached hydrogens (tertiary/aromatic N) is 2. The lowest BCUT2D eigenvalue weighted by Crippen LogP contribution is -2.20. The molecule has 33 heavy (non-hydrogen) atoms. The van der Waals surface area contributed by atoms with Crippen molar-refractivity contribution in [2.45, 2.75) is 13.8 Å². The second kappa shape index (κ2) is 10.7. The van der Waals surface area contributed by atoms with E-state index in [0.717, 1.165) is 5.56 Å². The van der Waals surface area contributed by atoms with E-state index in [9.17, 15) is 19.7 Å². The second-order valence-corrected chi connectivity index (χ2v) is 7.23. The number of aryl methyl sites for hydroxylation is 2. The van der Waals surface area contributed by atoms with E-state index in [0.29, 0.717) is 22.6 Å². The summed E-state index contributed by atoms with van der Waals surface area (Å²) >= 11 is 0. The lowest BCUT2D eigenvalue weighted by molar-refractivity contribution is -0.385. The fraction of sp³-hybridized carbons (Fsp3) is 0.125. The smallest absolute Gasteiger partial charge is 0.273 e. The molecule has 9 heteroatoms. The summed E-state index contributed by atoms with van der Waals surface area (Å²) in [4.78, 5) is 34.6. The van der Waals surface area contributed by atoms with Crippen molar-refractivity contribution in [3.8, 4) is 5.75 Å². The Labute approximate surface area is 190 Å². The number of nitro groups is 1. The third kappa shape index (κ3) is 6.73. The summed E-state index contributed by atoms with van der Waals surface area (Å²) in [6, 6.07) is 18.4. The molecule has 0 aliphatic rings. The zero-order chi connectivity index (χ0) is 23.8. The van der Waals surface area contributed by atoms with E-state index >= 15 is 0 Å². The molecule has 0 aromatic heterocycles. The normalized spacial score (nSPS) is 10.6. The van der Waals surface area contributed by atoms with Crippen LogP contribution in [-0.2, 0) is 4.79 Å². The van der Waals surface area contributed by atoms with Gasteiger partial charge in [-0.2, -0.15) is 5.10 Å². The maximum absolute atomic E-state index is 12.2. The zero-order valence-corrected chi connectivity index (χ0v) is 18.1. The van der Waals surface area contributed by atoms with Crippen LogP contribution in [0.1, 0.15) is 27.0 Å². The van der Waals surface area contributed by atoms with Gasteiger partial charge in [-0.25, -0.2) is 5.43 Å². The first-order chi connectivity index (χ1) is 15.8. The van der Waals surface area contributed by atoms with Gasteiger partial charge in [-0.1, -0.05) is 23.8 Å². The van der Waals surface area contributed by atoms with Gasteiger partial charge in [0.25, 0.3) is 17.5 Å². The molecule has 2 N–H and O–H groups in total. The molecule has 0 spiro atoms. The number of amides is 2. The maximum atomic E-state index is 12.2. The molecule has 0 radical (unpaired) electrons. The van der Waals surface area contributed by atoms with Gasteiger partial charge in [0.05, 0.1) is 11.1 Å². The van der Waals surface area contributed by atoms with Gasteiger partial charge < -0.3 is 10.1 Å². The standard InChI is InChI=1S/C24H22N4O5/c1-16-3-9-20(10-4-16)26-23(29)15-33-21-11-6-18(7-12-21)14-25-27-24(30)19-8-5-17(2)22(13-19)28(31)32/h3-14H,15H2,1-2H3,(H,26,29)(H,27,30)/b25-14-. The van der Waals surface area contributed by atoms with Gasteiger partial charge >= 0.3 is 0 Å². The predicted octanol–water partition coefficient (Wildman–Crippen LogP) is 3.99. The second-order valence-electron chi connectivity index (χ2n) is 7.23. The first-order valence-corrected chi connectivity index (χ1v) is 9.99. The third-order valence-electron chi connectivity index (χ3n) is 4.63. The van der Waals surface area contributed by atoms with Crippen LogP contribution >= 0.6 is 0 Å². The molecule has 0 fully saturated rings. The van der Waals surface area contributed by atoms with Crippen molar-refractivity contribution in [2.24, 2.45) is 5.10 Å². The molecular weight excluding hydrogens is 424 g/mol. The molecule has 0 bridgehead atoms. The number of hydrazone groups is 1. The van der Waals surface area contributed by atoms with Crippen molar-refractivity contribution in [2.75, 3.05) is 11.9 Å². The zero-order valence-electron chi connectivity index (χ0n) is 18.1. The highest BCUT2D eigenvalue weighted by molar-refractivity contribution is 5.95. The number of hydrogen-bond acceptors (Lipinski definition) is 6. The molecule has 0 aliphatic carbocycles. The van der Waals surface area contributed by atoms with Crippen molar-refractivity contribution in [3.63, 3.8) is 0 Å². The quantitative estimate of drug-likeness (QED) is 0.308. The number of rotatable bonds is 8. The minimum absolute atomic E-state index is 0.130. The van der Waals surface area contributed by atoms with Crippen LogP contribution in [0.3, 0.4) is 0 Å². The first-order valence-electron chi connectivity index (χ1n) is 9.99. The summed E-state index contributed by atoms with van der Waals surface area (Å²) < 4.78 is 5.48. The van der Waals surface area contributed by atoms with E-state index < -0.39 is 10.8 Å². The lowest BCUT2D eigenvalue weighted by Gasteiger charge is -2.08. The van der Waals surface area contributed by atoms with E-state index in [1.807, 2.05) is 31.2 Å². The van der Waals surface area contributed by atoms with Crippen LogP contribution in [-0.4, -0.2) is 29.6 Å². The molecule has 9 nitrogen and oxygen atoms in total. The van der Waals surface area contributed by atoms with Crippen LogP contribution in [0.25, 0.3) is 0 Å². The molecule has 3 aromatic carbocycles.